The molecule has 82 valence electrons. The Morgan fingerprint density at radius 2 is 1.94 bits per heavy atom. The van der Waals surface area contributed by atoms with E-state index in [-0.39, 0.29) is 0 Å². The van der Waals surface area contributed by atoms with Gasteiger partial charge in [-0.1, -0.05) is 27.5 Å². The smallest absolute Gasteiger partial charge is 0.0521 e. The SMILES string of the molecule is Clc1ccnc(CSc2ccc(Br)cc2)c1. The van der Waals surface area contributed by atoms with Gasteiger partial charge in [-0.15, -0.1) is 11.8 Å². The van der Waals surface area contributed by atoms with Crippen LogP contribution in [-0.2, 0) is 5.75 Å². The van der Waals surface area contributed by atoms with Crippen molar-refractivity contribution >= 4 is 39.3 Å². The molecule has 0 aliphatic rings. The number of pyridine rings is 1. The van der Waals surface area contributed by atoms with Crippen LogP contribution in [0.25, 0.3) is 0 Å². The number of benzene rings is 1. The summed E-state index contributed by atoms with van der Waals surface area (Å²) in [7, 11) is 0. The van der Waals surface area contributed by atoms with Gasteiger partial charge in [-0.25, -0.2) is 0 Å². The molecule has 0 aliphatic heterocycles. The van der Waals surface area contributed by atoms with Crippen molar-refractivity contribution in [1.29, 1.82) is 0 Å². The molecule has 0 aliphatic carbocycles. The van der Waals surface area contributed by atoms with Crippen molar-refractivity contribution in [3.05, 3.63) is 57.8 Å². The predicted octanol–water partition coefficient (Wildman–Crippen LogP) is 4.79. The van der Waals surface area contributed by atoms with Crippen LogP contribution in [-0.4, -0.2) is 4.98 Å². The van der Waals surface area contributed by atoms with Crippen LogP contribution >= 0.6 is 39.3 Å². The van der Waals surface area contributed by atoms with Gasteiger partial charge >= 0.3 is 0 Å². The zero-order valence-electron chi connectivity index (χ0n) is 8.36. The van der Waals surface area contributed by atoms with E-state index in [2.05, 4.69) is 33.0 Å². The van der Waals surface area contributed by atoms with E-state index in [1.807, 2.05) is 18.2 Å². The molecule has 1 aromatic heterocycles. The van der Waals surface area contributed by atoms with Gasteiger partial charge in [0.05, 0.1) is 5.69 Å². The molecule has 2 rings (SSSR count). The topological polar surface area (TPSA) is 12.9 Å². The summed E-state index contributed by atoms with van der Waals surface area (Å²) in [5.41, 5.74) is 1.00. The van der Waals surface area contributed by atoms with Crippen molar-refractivity contribution in [2.75, 3.05) is 0 Å². The summed E-state index contributed by atoms with van der Waals surface area (Å²) in [5.74, 6) is 0.836. The van der Waals surface area contributed by atoms with Gasteiger partial charge in [-0.3, -0.25) is 4.98 Å². The molecule has 1 heterocycles. The highest BCUT2D eigenvalue weighted by molar-refractivity contribution is 9.10. The molecule has 0 bridgehead atoms. The molecule has 0 amide bonds. The minimum absolute atomic E-state index is 0.737. The first-order valence-electron chi connectivity index (χ1n) is 4.73. The van der Waals surface area contributed by atoms with Crippen LogP contribution in [0.5, 0.6) is 0 Å². The van der Waals surface area contributed by atoms with Gasteiger partial charge < -0.3 is 0 Å². The number of rotatable bonds is 3. The molecule has 1 aromatic carbocycles. The summed E-state index contributed by atoms with van der Waals surface area (Å²) in [5, 5.41) is 0.737. The second kappa shape index (κ2) is 5.71. The lowest BCUT2D eigenvalue weighted by atomic mass is 10.4. The zero-order valence-corrected chi connectivity index (χ0v) is 11.5. The molecule has 1 nitrogen and oxygen atoms in total. The molecule has 0 saturated heterocycles. The average molecular weight is 315 g/mol. The third-order valence-corrected chi connectivity index (χ3v) is 3.79. The third kappa shape index (κ3) is 3.51. The fraction of sp³-hybridized carbons (Fsp3) is 0.0833. The molecule has 16 heavy (non-hydrogen) atoms. The van der Waals surface area contributed by atoms with Crippen molar-refractivity contribution < 1.29 is 0 Å². The van der Waals surface area contributed by atoms with E-state index in [0.29, 0.717) is 0 Å². The van der Waals surface area contributed by atoms with Gasteiger partial charge in [0.2, 0.25) is 0 Å². The van der Waals surface area contributed by atoms with Crippen LogP contribution in [0.15, 0.2) is 52.0 Å². The maximum Gasteiger partial charge on any atom is 0.0521 e. The largest absolute Gasteiger partial charge is 0.260 e. The Morgan fingerprint density at radius 1 is 1.19 bits per heavy atom. The molecule has 4 heteroatoms. The second-order valence-corrected chi connectivity index (χ2v) is 5.61. The van der Waals surface area contributed by atoms with E-state index < -0.39 is 0 Å². The number of aromatic nitrogens is 1. The summed E-state index contributed by atoms with van der Waals surface area (Å²) in [6.07, 6.45) is 1.74. The highest BCUT2D eigenvalue weighted by Gasteiger charge is 1.98. The van der Waals surface area contributed by atoms with E-state index in [1.54, 1.807) is 24.0 Å². The van der Waals surface area contributed by atoms with Crippen LogP contribution in [0.4, 0.5) is 0 Å². The van der Waals surface area contributed by atoms with Crippen molar-refractivity contribution in [1.82, 2.24) is 4.98 Å². The first kappa shape index (κ1) is 12.0. The molecule has 0 unspecified atom stereocenters. The third-order valence-electron chi connectivity index (χ3n) is 1.98. The van der Waals surface area contributed by atoms with Gasteiger partial charge in [0.25, 0.3) is 0 Å². The molecule has 0 atom stereocenters. The van der Waals surface area contributed by atoms with Crippen molar-refractivity contribution in [2.45, 2.75) is 10.6 Å². The van der Waals surface area contributed by atoms with Gasteiger partial charge in [-0.2, -0.15) is 0 Å². The molecule has 0 radical (unpaired) electrons. The quantitative estimate of drug-likeness (QED) is 0.756. The van der Waals surface area contributed by atoms with Crippen LogP contribution in [0.1, 0.15) is 5.69 Å². The molecule has 2 aromatic rings. The second-order valence-electron chi connectivity index (χ2n) is 3.21. The van der Waals surface area contributed by atoms with E-state index >= 15 is 0 Å². The summed E-state index contributed by atoms with van der Waals surface area (Å²) in [6, 6.07) is 11.9. The lowest BCUT2D eigenvalue weighted by Crippen LogP contribution is -1.85. The van der Waals surface area contributed by atoms with Crippen molar-refractivity contribution in [3.8, 4) is 0 Å². The first-order valence-corrected chi connectivity index (χ1v) is 6.88. The minimum Gasteiger partial charge on any atom is -0.260 e. The number of nitrogens with zero attached hydrogens (tertiary/aromatic N) is 1. The van der Waals surface area contributed by atoms with Gasteiger partial charge in [0.15, 0.2) is 0 Å². The maximum absolute atomic E-state index is 5.89. The van der Waals surface area contributed by atoms with Crippen LogP contribution < -0.4 is 0 Å². The van der Waals surface area contributed by atoms with Crippen LogP contribution in [0.2, 0.25) is 5.02 Å². The molecular weight excluding hydrogens is 306 g/mol. The predicted molar refractivity (Wildman–Crippen MR) is 73.0 cm³/mol. The maximum atomic E-state index is 5.89. The average Bonchev–Trinajstić information content (AvgIpc) is 2.28. The number of hydrogen-bond donors (Lipinski definition) is 0. The Bertz CT molecular complexity index is 473. The standard InChI is InChI=1S/C12H9BrClNS/c13-9-1-3-12(4-2-9)16-8-11-7-10(14)5-6-15-11/h1-7H,8H2. The van der Waals surface area contributed by atoms with Gasteiger partial charge in [0, 0.05) is 26.3 Å². The molecule has 0 saturated carbocycles. The monoisotopic (exact) mass is 313 g/mol. The Balaban J connectivity index is 1.99. The Morgan fingerprint density at radius 3 is 2.62 bits per heavy atom. The molecule has 0 fully saturated rings. The van der Waals surface area contributed by atoms with Crippen molar-refractivity contribution in [2.24, 2.45) is 0 Å². The minimum atomic E-state index is 0.737. The number of hydrogen-bond acceptors (Lipinski definition) is 2. The van der Waals surface area contributed by atoms with Gasteiger partial charge in [0.1, 0.15) is 0 Å². The Hall–Kier alpha value is -0.510. The van der Waals surface area contributed by atoms with Crippen molar-refractivity contribution in [3.63, 3.8) is 0 Å². The normalized spacial score (nSPS) is 10.4. The zero-order chi connectivity index (χ0) is 11.4. The summed E-state index contributed by atoms with van der Waals surface area (Å²) < 4.78 is 1.10. The van der Waals surface area contributed by atoms with E-state index in [9.17, 15) is 0 Å². The lowest BCUT2D eigenvalue weighted by molar-refractivity contribution is 1.17. The highest BCUT2D eigenvalue weighted by Crippen LogP contribution is 2.24. The summed E-state index contributed by atoms with van der Waals surface area (Å²) >= 11 is 11.1. The van der Waals surface area contributed by atoms with Crippen LogP contribution in [0, 0.1) is 0 Å². The number of thioether (sulfide) groups is 1. The first-order chi connectivity index (χ1) is 7.74. The highest BCUT2D eigenvalue weighted by atomic mass is 79.9. The number of halogens is 2. The lowest BCUT2D eigenvalue weighted by Gasteiger charge is -2.01. The summed E-state index contributed by atoms with van der Waals surface area (Å²) in [6.45, 7) is 0. The van der Waals surface area contributed by atoms with E-state index in [1.165, 1.54) is 4.90 Å². The Labute approximate surface area is 112 Å². The van der Waals surface area contributed by atoms with Crippen LogP contribution in [0.3, 0.4) is 0 Å². The fourth-order valence-corrected chi connectivity index (χ4v) is 2.46. The molecule has 0 spiro atoms. The van der Waals surface area contributed by atoms with Gasteiger partial charge in [-0.05, 0) is 36.4 Å². The fourth-order valence-electron chi connectivity index (χ4n) is 1.22. The molecular formula is C12H9BrClNS. The Kier molecular flexibility index (Phi) is 4.27. The summed E-state index contributed by atoms with van der Waals surface area (Å²) in [4.78, 5) is 5.48. The molecule has 0 N–H and O–H groups in total. The van der Waals surface area contributed by atoms with E-state index in [0.717, 1.165) is 20.9 Å². The van der Waals surface area contributed by atoms with E-state index in [4.69, 9.17) is 11.6 Å².